The van der Waals surface area contributed by atoms with E-state index in [1.165, 1.54) is 5.56 Å². The molecule has 1 atom stereocenters. The minimum absolute atomic E-state index is 0.0348. The highest BCUT2D eigenvalue weighted by atomic mass is 32.2. The number of ketones is 1. The number of hydrogen-bond donors (Lipinski definition) is 1. The van der Waals surface area contributed by atoms with Crippen molar-refractivity contribution in [2.75, 3.05) is 6.26 Å². The van der Waals surface area contributed by atoms with Crippen LogP contribution in [0.2, 0.25) is 0 Å². The lowest BCUT2D eigenvalue weighted by molar-refractivity contribution is 0.0745. The third kappa shape index (κ3) is 5.50. The van der Waals surface area contributed by atoms with Crippen molar-refractivity contribution in [2.45, 2.75) is 39.0 Å². The SMILES string of the molecule is CC(C)(C)c1ccc(CNC(OS(C)(=O)=O)C(=O)c2cccc3cnccc23)cc1. The van der Waals surface area contributed by atoms with Crippen molar-refractivity contribution in [2.24, 2.45) is 0 Å². The molecule has 0 aliphatic carbocycles. The van der Waals surface area contributed by atoms with E-state index in [-0.39, 0.29) is 12.0 Å². The Labute approximate surface area is 177 Å². The molecule has 0 aliphatic heterocycles. The molecule has 30 heavy (non-hydrogen) atoms. The number of nitrogens with one attached hydrogen (secondary N) is 1. The second kappa shape index (κ2) is 8.63. The van der Waals surface area contributed by atoms with Gasteiger partial charge in [0.1, 0.15) is 0 Å². The first-order chi connectivity index (χ1) is 14.0. The molecule has 158 valence electrons. The molecule has 0 spiro atoms. The summed E-state index contributed by atoms with van der Waals surface area (Å²) in [6, 6.07) is 14.9. The van der Waals surface area contributed by atoms with E-state index in [0.29, 0.717) is 10.9 Å². The highest BCUT2D eigenvalue weighted by Crippen LogP contribution is 2.23. The molecule has 0 amide bonds. The summed E-state index contributed by atoms with van der Waals surface area (Å²) in [4.78, 5) is 17.2. The molecule has 0 saturated carbocycles. The Kier molecular flexibility index (Phi) is 6.36. The van der Waals surface area contributed by atoms with Crippen LogP contribution in [0.5, 0.6) is 0 Å². The van der Waals surface area contributed by atoms with Gasteiger partial charge in [0, 0.05) is 29.9 Å². The fourth-order valence-corrected chi connectivity index (χ4v) is 3.66. The fourth-order valence-electron chi connectivity index (χ4n) is 3.16. The maximum Gasteiger partial charge on any atom is 0.266 e. The van der Waals surface area contributed by atoms with Gasteiger partial charge in [-0.05, 0) is 28.0 Å². The van der Waals surface area contributed by atoms with Crippen LogP contribution < -0.4 is 5.32 Å². The third-order valence-electron chi connectivity index (χ3n) is 4.77. The first kappa shape index (κ1) is 22.1. The predicted molar refractivity (Wildman–Crippen MR) is 118 cm³/mol. The summed E-state index contributed by atoms with van der Waals surface area (Å²) < 4.78 is 28.7. The van der Waals surface area contributed by atoms with Crippen LogP contribution >= 0.6 is 0 Å². The molecule has 0 bridgehead atoms. The van der Waals surface area contributed by atoms with Gasteiger partial charge in [0.25, 0.3) is 10.1 Å². The molecule has 1 N–H and O–H groups in total. The second-order valence-electron chi connectivity index (χ2n) is 8.27. The quantitative estimate of drug-likeness (QED) is 0.351. The van der Waals surface area contributed by atoms with Gasteiger partial charge in [-0.15, -0.1) is 0 Å². The molecule has 1 heterocycles. The Morgan fingerprint density at radius 1 is 1.10 bits per heavy atom. The average Bonchev–Trinajstić information content (AvgIpc) is 2.69. The molecule has 7 heteroatoms. The molecule has 3 rings (SSSR count). The molecular weight excluding hydrogens is 400 g/mol. The highest BCUT2D eigenvalue weighted by molar-refractivity contribution is 7.86. The van der Waals surface area contributed by atoms with Crippen molar-refractivity contribution in [3.8, 4) is 0 Å². The molecule has 0 fully saturated rings. The second-order valence-corrected chi connectivity index (χ2v) is 9.88. The van der Waals surface area contributed by atoms with Gasteiger partial charge in [-0.25, -0.2) is 4.18 Å². The van der Waals surface area contributed by atoms with Gasteiger partial charge < -0.3 is 0 Å². The zero-order valence-corrected chi connectivity index (χ0v) is 18.4. The van der Waals surface area contributed by atoms with Crippen LogP contribution in [-0.4, -0.2) is 31.7 Å². The van der Waals surface area contributed by atoms with Crippen LogP contribution in [0.1, 0.15) is 42.3 Å². The first-order valence-corrected chi connectivity index (χ1v) is 11.4. The Hall–Kier alpha value is -2.61. The Morgan fingerprint density at radius 2 is 1.80 bits per heavy atom. The summed E-state index contributed by atoms with van der Waals surface area (Å²) >= 11 is 0. The number of carbonyl (C=O) groups excluding carboxylic acids is 1. The van der Waals surface area contributed by atoms with E-state index >= 15 is 0 Å². The van der Waals surface area contributed by atoms with Gasteiger partial charge in [-0.1, -0.05) is 63.2 Å². The number of carbonyl (C=O) groups is 1. The minimum atomic E-state index is -3.86. The van der Waals surface area contributed by atoms with Crippen LogP contribution in [0.25, 0.3) is 10.8 Å². The first-order valence-electron chi connectivity index (χ1n) is 9.62. The van der Waals surface area contributed by atoms with Crippen molar-refractivity contribution in [3.63, 3.8) is 0 Å². The van der Waals surface area contributed by atoms with E-state index in [1.54, 1.807) is 30.6 Å². The maximum absolute atomic E-state index is 13.2. The number of fused-ring (bicyclic) bond motifs is 1. The standard InChI is InChI=1S/C23H26N2O4S/c1-23(2,3)18-10-8-16(9-11-18)14-25-22(29-30(4,27)28)21(26)20-7-5-6-17-15-24-13-12-19(17)20/h5-13,15,22,25H,14H2,1-4H3. The Morgan fingerprint density at radius 3 is 2.43 bits per heavy atom. The summed E-state index contributed by atoms with van der Waals surface area (Å²) in [6.45, 7) is 6.68. The molecule has 1 unspecified atom stereocenters. The monoisotopic (exact) mass is 426 g/mol. The van der Waals surface area contributed by atoms with Crippen LogP contribution in [0, 0.1) is 0 Å². The summed E-state index contributed by atoms with van der Waals surface area (Å²) in [5.41, 5.74) is 2.52. The molecular formula is C23H26N2O4S. The molecule has 1 aromatic heterocycles. The van der Waals surface area contributed by atoms with Crippen molar-refractivity contribution in [3.05, 3.63) is 77.6 Å². The lowest BCUT2D eigenvalue weighted by atomic mass is 9.87. The molecule has 3 aromatic rings. The topological polar surface area (TPSA) is 85.4 Å². The predicted octanol–water partition coefficient (Wildman–Crippen LogP) is 3.81. The smallest absolute Gasteiger partial charge is 0.266 e. The van der Waals surface area contributed by atoms with E-state index < -0.39 is 22.1 Å². The number of rotatable bonds is 7. The Balaban J connectivity index is 1.85. The summed E-state index contributed by atoms with van der Waals surface area (Å²) in [6.07, 6.45) is 2.85. The normalized spacial score (nSPS) is 13.3. The number of nitrogens with zero attached hydrogens (tertiary/aromatic N) is 1. The van der Waals surface area contributed by atoms with Gasteiger partial charge in [0.15, 0.2) is 6.23 Å². The number of Topliss-reactive ketones (excluding diaryl/α,β-unsaturated/α-hetero) is 1. The van der Waals surface area contributed by atoms with E-state index in [9.17, 15) is 13.2 Å². The lowest BCUT2D eigenvalue weighted by Gasteiger charge is -2.20. The van der Waals surface area contributed by atoms with Crippen molar-refractivity contribution < 1.29 is 17.4 Å². The fraction of sp³-hybridized carbons (Fsp3) is 0.304. The van der Waals surface area contributed by atoms with Crippen LogP contribution in [0.15, 0.2) is 60.9 Å². The Bertz CT molecular complexity index is 1140. The lowest BCUT2D eigenvalue weighted by Crippen LogP contribution is -2.40. The molecule has 0 saturated heterocycles. The largest absolute Gasteiger partial charge is 0.290 e. The van der Waals surface area contributed by atoms with Crippen molar-refractivity contribution in [1.82, 2.24) is 10.3 Å². The van der Waals surface area contributed by atoms with Crippen LogP contribution in [0.4, 0.5) is 0 Å². The van der Waals surface area contributed by atoms with E-state index in [0.717, 1.165) is 17.2 Å². The summed E-state index contributed by atoms with van der Waals surface area (Å²) in [5.74, 6) is -0.455. The molecule has 0 radical (unpaired) electrons. The number of benzene rings is 2. The van der Waals surface area contributed by atoms with Gasteiger partial charge >= 0.3 is 0 Å². The number of hydrogen-bond acceptors (Lipinski definition) is 6. The third-order valence-corrected chi connectivity index (χ3v) is 5.31. The number of aromatic nitrogens is 1. The van der Waals surface area contributed by atoms with Crippen molar-refractivity contribution >= 4 is 26.7 Å². The molecule has 2 aromatic carbocycles. The molecule has 0 aliphatic rings. The van der Waals surface area contributed by atoms with E-state index in [4.69, 9.17) is 4.18 Å². The van der Waals surface area contributed by atoms with Gasteiger partial charge in [0.2, 0.25) is 5.78 Å². The van der Waals surface area contributed by atoms with Gasteiger partial charge in [-0.2, -0.15) is 8.42 Å². The zero-order chi connectivity index (χ0) is 21.9. The maximum atomic E-state index is 13.2. The minimum Gasteiger partial charge on any atom is -0.290 e. The van der Waals surface area contributed by atoms with E-state index in [1.807, 2.05) is 30.3 Å². The van der Waals surface area contributed by atoms with Gasteiger partial charge in [-0.3, -0.25) is 15.1 Å². The van der Waals surface area contributed by atoms with Gasteiger partial charge in [0.05, 0.1) is 6.26 Å². The highest BCUT2D eigenvalue weighted by Gasteiger charge is 2.26. The van der Waals surface area contributed by atoms with Crippen molar-refractivity contribution in [1.29, 1.82) is 0 Å². The van der Waals surface area contributed by atoms with E-state index in [2.05, 4.69) is 31.1 Å². The van der Waals surface area contributed by atoms with Crippen LogP contribution in [0.3, 0.4) is 0 Å². The summed E-state index contributed by atoms with van der Waals surface area (Å²) in [5, 5.41) is 4.43. The van der Waals surface area contributed by atoms with Crippen LogP contribution in [-0.2, 0) is 26.3 Å². The average molecular weight is 427 g/mol. The zero-order valence-electron chi connectivity index (χ0n) is 17.5. The molecule has 6 nitrogen and oxygen atoms in total. The number of pyridine rings is 1. The summed E-state index contributed by atoms with van der Waals surface area (Å²) in [7, 11) is -3.86.